The van der Waals surface area contributed by atoms with E-state index in [4.69, 9.17) is 5.11 Å². The Morgan fingerprint density at radius 1 is 1.73 bits per heavy atom. The van der Waals surface area contributed by atoms with E-state index in [1.807, 2.05) is 0 Å². The third-order valence-electron chi connectivity index (χ3n) is 0.740. The van der Waals surface area contributed by atoms with Crippen molar-refractivity contribution in [3.63, 3.8) is 0 Å². The third-order valence-corrected chi connectivity index (χ3v) is 0.740. The van der Waals surface area contributed by atoms with E-state index in [1.165, 1.54) is 14.0 Å². The highest BCUT2D eigenvalue weighted by Gasteiger charge is 2.02. The lowest BCUT2D eigenvalue weighted by Gasteiger charge is -2.01. The second-order valence-corrected chi connectivity index (χ2v) is 2.00. The van der Waals surface area contributed by atoms with Gasteiger partial charge in [-0.3, -0.25) is 0 Å². The second-order valence-electron chi connectivity index (χ2n) is 2.00. The smallest absolute Gasteiger partial charge is 0.222 e. The third kappa shape index (κ3) is 7.01. The fourth-order valence-corrected chi connectivity index (χ4v) is 0.400. The van der Waals surface area contributed by atoms with Crippen LogP contribution in [-0.2, 0) is 9.57 Å². The Kier molecular flexibility index (Phi) is 5.40. The molecule has 1 atom stereocenters. The molecule has 0 aromatic carbocycles. The highest BCUT2D eigenvalue weighted by molar-refractivity contribution is 4.36. The zero-order valence-electron chi connectivity index (χ0n) is 6.56. The van der Waals surface area contributed by atoms with Crippen molar-refractivity contribution in [2.24, 2.45) is 5.28 Å². The Balaban J connectivity index is 3.46. The molecule has 0 aliphatic rings. The molecule has 0 aromatic rings. The van der Waals surface area contributed by atoms with Gasteiger partial charge < -0.3 is 19.9 Å². The Morgan fingerprint density at radius 3 is 2.82 bits per heavy atom. The normalized spacial score (nSPS) is 14.6. The molecule has 0 saturated carbocycles. The van der Waals surface area contributed by atoms with Gasteiger partial charge in [0.15, 0.2) is 0 Å². The van der Waals surface area contributed by atoms with Crippen LogP contribution in [-0.4, -0.2) is 36.5 Å². The van der Waals surface area contributed by atoms with E-state index >= 15 is 0 Å². The van der Waals surface area contributed by atoms with Crippen LogP contribution in [0.4, 0.5) is 0 Å². The van der Waals surface area contributed by atoms with Gasteiger partial charge in [-0.2, -0.15) is 0 Å². The minimum Gasteiger partial charge on any atom is -0.597 e. The van der Waals surface area contributed by atoms with Crippen molar-refractivity contribution >= 4 is 0 Å². The lowest BCUT2D eigenvalue weighted by atomic mass is 10.4. The number of ether oxygens (including phenoxy) is 1. The van der Waals surface area contributed by atoms with Crippen molar-refractivity contribution in [1.82, 2.24) is 0 Å². The molecule has 0 amide bonds. The first-order chi connectivity index (χ1) is 5.16. The predicted octanol–water partition coefficient (Wildman–Crippen LogP) is -0.135. The molecule has 1 N–H and O–H groups in total. The van der Waals surface area contributed by atoms with E-state index in [2.05, 4.69) is 14.9 Å². The SMILES string of the molecule is COCON=[N+]([O-])CC(C)O. The summed E-state index contributed by atoms with van der Waals surface area (Å²) in [6.45, 7) is 1.30. The van der Waals surface area contributed by atoms with Gasteiger partial charge in [-0.05, 0) is 6.92 Å². The summed E-state index contributed by atoms with van der Waals surface area (Å²) < 4.78 is 4.45. The summed E-state index contributed by atoms with van der Waals surface area (Å²) >= 11 is 0. The topological polar surface area (TPSA) is 77.1 Å². The molecule has 6 heteroatoms. The lowest BCUT2D eigenvalue weighted by molar-refractivity contribution is -0.567. The highest BCUT2D eigenvalue weighted by atomic mass is 16.8. The quantitative estimate of drug-likeness (QED) is 0.202. The van der Waals surface area contributed by atoms with Gasteiger partial charge in [-0.25, -0.2) is 0 Å². The summed E-state index contributed by atoms with van der Waals surface area (Å²) in [7, 11) is 1.42. The van der Waals surface area contributed by atoms with E-state index in [9.17, 15) is 5.21 Å². The fourth-order valence-electron chi connectivity index (χ4n) is 0.400. The van der Waals surface area contributed by atoms with Gasteiger partial charge in [0.1, 0.15) is 6.10 Å². The standard InChI is InChI=1S/C5H12N2O4/c1-5(8)3-7(9)6-11-4-10-2/h5,8H,3-4H2,1-2H3. The van der Waals surface area contributed by atoms with Crippen molar-refractivity contribution in [3.05, 3.63) is 5.21 Å². The zero-order valence-corrected chi connectivity index (χ0v) is 6.56. The second kappa shape index (κ2) is 5.87. The number of nitrogens with zero attached hydrogens (tertiary/aromatic N) is 2. The van der Waals surface area contributed by atoms with Crippen molar-refractivity contribution in [2.45, 2.75) is 13.0 Å². The van der Waals surface area contributed by atoms with Gasteiger partial charge in [-0.1, -0.05) is 4.86 Å². The van der Waals surface area contributed by atoms with Gasteiger partial charge in [0.25, 0.3) is 0 Å². The van der Waals surface area contributed by atoms with Crippen LogP contribution in [0.25, 0.3) is 0 Å². The van der Waals surface area contributed by atoms with Gasteiger partial charge in [-0.15, -0.1) is 0 Å². The number of hydrogen-bond donors (Lipinski definition) is 1. The maximum Gasteiger partial charge on any atom is 0.222 e. The summed E-state index contributed by atoms with van der Waals surface area (Å²) in [5, 5.41) is 22.3. The van der Waals surface area contributed by atoms with Crippen LogP contribution in [0.15, 0.2) is 5.28 Å². The summed E-state index contributed by atoms with van der Waals surface area (Å²) in [4.78, 5) is 4.60. The summed E-state index contributed by atoms with van der Waals surface area (Å²) in [6.07, 6.45) is -0.720. The van der Waals surface area contributed by atoms with Gasteiger partial charge in [0.2, 0.25) is 18.6 Å². The van der Waals surface area contributed by atoms with Crippen LogP contribution < -0.4 is 0 Å². The molecule has 0 saturated heterocycles. The predicted molar refractivity (Wildman–Crippen MR) is 35.6 cm³/mol. The monoisotopic (exact) mass is 164 g/mol. The minimum absolute atomic E-state index is 0.0709. The molecule has 0 aromatic heterocycles. The Morgan fingerprint density at radius 2 is 2.36 bits per heavy atom. The van der Waals surface area contributed by atoms with E-state index < -0.39 is 6.10 Å². The van der Waals surface area contributed by atoms with Gasteiger partial charge >= 0.3 is 0 Å². The van der Waals surface area contributed by atoms with Crippen LogP contribution >= 0.6 is 0 Å². The molecule has 0 rings (SSSR count). The molecule has 0 bridgehead atoms. The summed E-state index contributed by atoms with van der Waals surface area (Å²) in [6, 6.07) is 0. The summed E-state index contributed by atoms with van der Waals surface area (Å²) in [5.74, 6) is 0. The molecule has 66 valence electrons. The van der Waals surface area contributed by atoms with E-state index in [0.29, 0.717) is 0 Å². The summed E-state index contributed by atoms with van der Waals surface area (Å²) in [5.41, 5.74) is 0. The number of hydroxylamine groups is 1. The zero-order chi connectivity index (χ0) is 8.69. The number of aliphatic hydroxyl groups is 1. The molecule has 0 aliphatic heterocycles. The maximum absolute atomic E-state index is 10.5. The van der Waals surface area contributed by atoms with Crippen LogP contribution in [0.5, 0.6) is 0 Å². The molecule has 0 radical (unpaired) electrons. The highest BCUT2D eigenvalue weighted by Crippen LogP contribution is 1.84. The molecule has 11 heavy (non-hydrogen) atoms. The van der Waals surface area contributed by atoms with Gasteiger partial charge in [0.05, 0.1) is 0 Å². The van der Waals surface area contributed by atoms with Crippen LogP contribution in [0.3, 0.4) is 0 Å². The van der Waals surface area contributed by atoms with Crippen molar-refractivity contribution in [1.29, 1.82) is 0 Å². The Labute approximate surface area is 64.6 Å². The average molecular weight is 164 g/mol. The Hall–Kier alpha value is -0.880. The molecular weight excluding hydrogens is 152 g/mol. The van der Waals surface area contributed by atoms with Crippen LogP contribution in [0.1, 0.15) is 6.92 Å². The fraction of sp³-hybridized carbons (Fsp3) is 1.00. The van der Waals surface area contributed by atoms with Gasteiger partial charge in [0, 0.05) is 7.11 Å². The minimum atomic E-state index is -0.720. The molecule has 0 heterocycles. The van der Waals surface area contributed by atoms with Crippen molar-refractivity contribution in [2.75, 3.05) is 20.4 Å². The molecule has 1 unspecified atom stereocenters. The van der Waals surface area contributed by atoms with Crippen molar-refractivity contribution < 1.29 is 19.5 Å². The molecule has 0 aliphatic carbocycles. The number of methoxy groups -OCH3 is 1. The van der Waals surface area contributed by atoms with Crippen LogP contribution in [0.2, 0.25) is 0 Å². The number of aliphatic hydroxyl groups excluding tert-OH is 1. The first-order valence-electron chi connectivity index (χ1n) is 3.11. The maximum atomic E-state index is 10.5. The number of hydrogen-bond acceptors (Lipinski definition) is 5. The molecular formula is C5H12N2O4. The first kappa shape index (κ1) is 10.1. The van der Waals surface area contributed by atoms with Crippen LogP contribution in [0, 0.1) is 5.21 Å². The first-order valence-corrected chi connectivity index (χ1v) is 3.11. The van der Waals surface area contributed by atoms with E-state index in [0.717, 1.165) is 0 Å². The average Bonchev–Trinajstić information content (AvgIpc) is 1.86. The number of rotatable bonds is 5. The van der Waals surface area contributed by atoms with E-state index in [1.54, 1.807) is 0 Å². The Bertz CT molecular complexity index is 126. The van der Waals surface area contributed by atoms with Crippen molar-refractivity contribution in [3.8, 4) is 0 Å². The molecule has 0 fully saturated rings. The lowest BCUT2D eigenvalue weighted by Crippen LogP contribution is -2.16. The molecule has 6 nitrogen and oxygen atoms in total. The van der Waals surface area contributed by atoms with E-state index in [-0.39, 0.29) is 18.2 Å². The largest absolute Gasteiger partial charge is 0.597 e. The molecule has 0 spiro atoms.